The number of rotatable bonds is 8. The lowest BCUT2D eigenvalue weighted by Crippen LogP contribution is -2.48. The standard InChI is InChI=1S/C24H31N3O3/c1-18(2)23(26-22(28)17-30-21-9-5-3-6-10-21)24(29)25-19-11-13-20(14-12-19)27-15-7-4-8-16-27/h3,5-6,9-14,18,23H,4,7-8,15-17H2,1-2H3,(H,25,29)(H,26,28). The Kier molecular flexibility index (Phi) is 7.71. The topological polar surface area (TPSA) is 70.7 Å². The van der Waals surface area contributed by atoms with Crippen molar-refractivity contribution in [1.29, 1.82) is 0 Å². The van der Waals surface area contributed by atoms with Crippen LogP contribution >= 0.6 is 0 Å². The number of anilines is 2. The number of carbonyl (C=O) groups excluding carboxylic acids is 2. The molecule has 2 aromatic rings. The predicted octanol–water partition coefficient (Wildman–Crippen LogP) is 3.84. The smallest absolute Gasteiger partial charge is 0.258 e. The molecule has 0 spiro atoms. The quantitative estimate of drug-likeness (QED) is 0.695. The van der Waals surface area contributed by atoms with Crippen LogP contribution in [0.15, 0.2) is 54.6 Å². The van der Waals surface area contributed by atoms with Gasteiger partial charge in [-0.15, -0.1) is 0 Å². The van der Waals surface area contributed by atoms with E-state index < -0.39 is 6.04 Å². The molecule has 160 valence electrons. The highest BCUT2D eigenvalue weighted by molar-refractivity contribution is 5.97. The Hall–Kier alpha value is -3.02. The van der Waals surface area contributed by atoms with E-state index in [1.807, 2.05) is 56.3 Å². The second-order valence-electron chi connectivity index (χ2n) is 7.97. The fourth-order valence-electron chi connectivity index (χ4n) is 3.54. The monoisotopic (exact) mass is 409 g/mol. The Morgan fingerprint density at radius 3 is 2.27 bits per heavy atom. The summed E-state index contributed by atoms with van der Waals surface area (Å²) < 4.78 is 5.47. The number of para-hydroxylation sites is 1. The zero-order chi connectivity index (χ0) is 21.3. The first-order valence-electron chi connectivity index (χ1n) is 10.7. The van der Waals surface area contributed by atoms with Gasteiger partial charge in [-0.3, -0.25) is 9.59 Å². The van der Waals surface area contributed by atoms with Crippen molar-refractivity contribution in [1.82, 2.24) is 5.32 Å². The minimum Gasteiger partial charge on any atom is -0.484 e. The number of amides is 2. The highest BCUT2D eigenvalue weighted by atomic mass is 16.5. The third-order valence-electron chi connectivity index (χ3n) is 5.23. The van der Waals surface area contributed by atoms with Crippen LogP contribution in [0.2, 0.25) is 0 Å². The SMILES string of the molecule is CC(C)C(NC(=O)COc1ccccc1)C(=O)Nc1ccc(N2CCCCC2)cc1. The van der Waals surface area contributed by atoms with E-state index >= 15 is 0 Å². The van der Waals surface area contributed by atoms with Crippen molar-refractivity contribution < 1.29 is 14.3 Å². The molecular weight excluding hydrogens is 378 g/mol. The van der Waals surface area contributed by atoms with Crippen LogP contribution in [-0.4, -0.2) is 37.6 Å². The molecule has 0 saturated carbocycles. The van der Waals surface area contributed by atoms with Gasteiger partial charge in [0.25, 0.3) is 5.91 Å². The van der Waals surface area contributed by atoms with Crippen LogP contribution in [0.1, 0.15) is 33.1 Å². The van der Waals surface area contributed by atoms with Gasteiger partial charge in [-0.25, -0.2) is 0 Å². The average molecular weight is 410 g/mol. The molecule has 6 nitrogen and oxygen atoms in total. The lowest BCUT2D eigenvalue weighted by molar-refractivity contribution is -0.128. The number of benzene rings is 2. The molecule has 2 amide bonds. The summed E-state index contributed by atoms with van der Waals surface area (Å²) in [5, 5.41) is 5.71. The maximum atomic E-state index is 12.8. The van der Waals surface area contributed by atoms with E-state index in [-0.39, 0.29) is 24.3 Å². The van der Waals surface area contributed by atoms with E-state index in [2.05, 4.69) is 15.5 Å². The van der Waals surface area contributed by atoms with Crippen molar-refractivity contribution in [3.8, 4) is 5.75 Å². The summed E-state index contributed by atoms with van der Waals surface area (Å²) in [7, 11) is 0. The van der Waals surface area contributed by atoms with E-state index in [4.69, 9.17) is 4.74 Å². The van der Waals surface area contributed by atoms with Crippen LogP contribution in [0, 0.1) is 5.92 Å². The maximum Gasteiger partial charge on any atom is 0.258 e. The highest BCUT2D eigenvalue weighted by Gasteiger charge is 2.24. The number of hydrogen-bond acceptors (Lipinski definition) is 4. The molecule has 0 aliphatic carbocycles. The van der Waals surface area contributed by atoms with E-state index in [1.165, 1.54) is 24.9 Å². The number of hydrogen-bond donors (Lipinski definition) is 2. The van der Waals surface area contributed by atoms with Crippen LogP contribution in [0.3, 0.4) is 0 Å². The number of nitrogens with one attached hydrogen (secondary N) is 2. The number of piperidine rings is 1. The lowest BCUT2D eigenvalue weighted by Gasteiger charge is -2.29. The molecule has 2 N–H and O–H groups in total. The molecule has 1 atom stereocenters. The second-order valence-corrected chi connectivity index (χ2v) is 7.97. The molecule has 3 rings (SSSR count). The van der Waals surface area contributed by atoms with E-state index in [9.17, 15) is 9.59 Å². The molecule has 1 fully saturated rings. The Labute approximate surface area is 178 Å². The Bertz CT molecular complexity index is 815. The van der Waals surface area contributed by atoms with Gasteiger partial charge in [0.2, 0.25) is 5.91 Å². The van der Waals surface area contributed by atoms with Crippen LogP contribution in [0.4, 0.5) is 11.4 Å². The zero-order valence-electron chi connectivity index (χ0n) is 17.8. The summed E-state index contributed by atoms with van der Waals surface area (Å²) in [6, 6.07) is 16.4. The summed E-state index contributed by atoms with van der Waals surface area (Å²) in [4.78, 5) is 27.4. The Morgan fingerprint density at radius 1 is 0.967 bits per heavy atom. The summed E-state index contributed by atoms with van der Waals surface area (Å²) in [6.07, 6.45) is 3.74. The maximum absolute atomic E-state index is 12.8. The van der Waals surface area contributed by atoms with Crippen molar-refractivity contribution in [2.24, 2.45) is 5.92 Å². The molecular formula is C24H31N3O3. The van der Waals surface area contributed by atoms with Crippen LogP contribution in [0.5, 0.6) is 5.75 Å². The van der Waals surface area contributed by atoms with E-state index in [0.717, 1.165) is 18.8 Å². The number of ether oxygens (including phenoxy) is 1. The van der Waals surface area contributed by atoms with Gasteiger partial charge in [0.15, 0.2) is 6.61 Å². The van der Waals surface area contributed by atoms with Crippen molar-refractivity contribution in [2.75, 3.05) is 29.9 Å². The zero-order valence-corrected chi connectivity index (χ0v) is 17.8. The summed E-state index contributed by atoms with van der Waals surface area (Å²) >= 11 is 0. The summed E-state index contributed by atoms with van der Waals surface area (Å²) in [6.45, 7) is 5.84. The first-order chi connectivity index (χ1) is 14.5. The van der Waals surface area contributed by atoms with Gasteiger partial charge in [-0.05, 0) is 61.6 Å². The van der Waals surface area contributed by atoms with E-state index in [1.54, 1.807) is 12.1 Å². The molecule has 1 aliphatic rings. The van der Waals surface area contributed by atoms with Gasteiger partial charge in [0, 0.05) is 24.5 Å². The van der Waals surface area contributed by atoms with Gasteiger partial charge >= 0.3 is 0 Å². The third kappa shape index (κ3) is 6.24. The van der Waals surface area contributed by atoms with Crippen molar-refractivity contribution >= 4 is 23.2 Å². The molecule has 0 bridgehead atoms. The fourth-order valence-corrected chi connectivity index (χ4v) is 3.54. The molecule has 30 heavy (non-hydrogen) atoms. The highest BCUT2D eigenvalue weighted by Crippen LogP contribution is 2.22. The van der Waals surface area contributed by atoms with Crippen molar-refractivity contribution in [3.05, 3.63) is 54.6 Å². The van der Waals surface area contributed by atoms with Gasteiger partial charge in [0.1, 0.15) is 11.8 Å². The molecule has 0 radical (unpaired) electrons. The van der Waals surface area contributed by atoms with Crippen LogP contribution in [-0.2, 0) is 9.59 Å². The first kappa shape index (κ1) is 21.7. The molecule has 0 aromatic heterocycles. The van der Waals surface area contributed by atoms with Crippen molar-refractivity contribution in [3.63, 3.8) is 0 Å². The lowest BCUT2D eigenvalue weighted by atomic mass is 10.0. The minimum atomic E-state index is -0.640. The fraction of sp³-hybridized carbons (Fsp3) is 0.417. The second kappa shape index (κ2) is 10.7. The molecule has 1 heterocycles. The number of nitrogens with zero attached hydrogens (tertiary/aromatic N) is 1. The average Bonchev–Trinajstić information content (AvgIpc) is 2.77. The Balaban J connectivity index is 1.53. The largest absolute Gasteiger partial charge is 0.484 e. The first-order valence-corrected chi connectivity index (χ1v) is 10.7. The normalized spacial score (nSPS) is 14.8. The predicted molar refractivity (Wildman–Crippen MR) is 120 cm³/mol. The van der Waals surface area contributed by atoms with E-state index in [0.29, 0.717) is 5.75 Å². The Morgan fingerprint density at radius 2 is 1.63 bits per heavy atom. The molecule has 2 aromatic carbocycles. The minimum absolute atomic E-state index is 0.0571. The third-order valence-corrected chi connectivity index (χ3v) is 5.23. The van der Waals surface area contributed by atoms with Crippen LogP contribution < -0.4 is 20.3 Å². The van der Waals surface area contributed by atoms with Crippen LogP contribution in [0.25, 0.3) is 0 Å². The summed E-state index contributed by atoms with van der Waals surface area (Å²) in [5.41, 5.74) is 1.90. The molecule has 1 aliphatic heterocycles. The summed E-state index contributed by atoms with van der Waals surface area (Å²) in [5.74, 6) is 0.00206. The van der Waals surface area contributed by atoms with Gasteiger partial charge in [-0.1, -0.05) is 32.0 Å². The molecule has 6 heteroatoms. The van der Waals surface area contributed by atoms with Crippen molar-refractivity contribution in [2.45, 2.75) is 39.2 Å². The van der Waals surface area contributed by atoms with Gasteiger partial charge < -0.3 is 20.3 Å². The van der Waals surface area contributed by atoms with Gasteiger partial charge in [-0.2, -0.15) is 0 Å². The van der Waals surface area contributed by atoms with Gasteiger partial charge in [0.05, 0.1) is 0 Å². The molecule has 1 unspecified atom stereocenters. The molecule has 1 saturated heterocycles. The number of carbonyl (C=O) groups is 2.